The molecule has 2 rings (SSSR count). The van der Waals surface area contributed by atoms with Crippen LogP contribution >= 0.6 is 34.5 Å². The molecule has 2 aromatic heterocycles. The first kappa shape index (κ1) is 16.1. The standard InChI is InChI=1S/C13H15Cl2N3O2S/c1-6(2)18(3)9(19)5-16-13(20)7-4-8-11(17-7)10(14)12(15)21-8/h4,6,17H,5H2,1-3H3,(H,16,20). The zero-order chi connectivity index (χ0) is 15.7. The van der Waals surface area contributed by atoms with Crippen LogP contribution in [0.25, 0.3) is 10.2 Å². The van der Waals surface area contributed by atoms with E-state index in [2.05, 4.69) is 10.3 Å². The number of carbonyl (C=O) groups excluding carboxylic acids is 2. The van der Waals surface area contributed by atoms with Crippen molar-refractivity contribution in [2.45, 2.75) is 19.9 Å². The lowest BCUT2D eigenvalue weighted by atomic mass is 10.3. The van der Waals surface area contributed by atoms with E-state index in [9.17, 15) is 9.59 Å². The molecule has 5 nitrogen and oxygen atoms in total. The SMILES string of the molecule is CC(C)N(C)C(=O)CNC(=O)c1cc2sc(Cl)c(Cl)c2[nH]1. The quantitative estimate of drug-likeness (QED) is 0.892. The van der Waals surface area contributed by atoms with E-state index in [4.69, 9.17) is 23.2 Å². The molecule has 8 heteroatoms. The van der Waals surface area contributed by atoms with Gasteiger partial charge in [-0.05, 0) is 19.9 Å². The summed E-state index contributed by atoms with van der Waals surface area (Å²) in [7, 11) is 1.70. The first-order chi connectivity index (χ1) is 9.81. The lowest BCUT2D eigenvalue weighted by Crippen LogP contribution is -2.41. The number of likely N-dealkylation sites (N-methyl/N-ethyl adjacent to an activating group) is 1. The summed E-state index contributed by atoms with van der Waals surface area (Å²) in [6.45, 7) is 3.77. The topological polar surface area (TPSA) is 65.2 Å². The Morgan fingerprint density at radius 1 is 1.43 bits per heavy atom. The van der Waals surface area contributed by atoms with Crippen LogP contribution in [-0.4, -0.2) is 41.3 Å². The van der Waals surface area contributed by atoms with E-state index in [-0.39, 0.29) is 24.4 Å². The summed E-state index contributed by atoms with van der Waals surface area (Å²) in [6, 6.07) is 1.76. The Morgan fingerprint density at radius 2 is 2.10 bits per heavy atom. The molecule has 0 fully saturated rings. The van der Waals surface area contributed by atoms with Gasteiger partial charge < -0.3 is 15.2 Å². The monoisotopic (exact) mass is 347 g/mol. The molecule has 2 heterocycles. The number of aromatic nitrogens is 1. The molecule has 0 spiro atoms. The third kappa shape index (κ3) is 3.33. The number of hydrogen-bond acceptors (Lipinski definition) is 3. The fourth-order valence-electron chi connectivity index (χ4n) is 1.70. The summed E-state index contributed by atoms with van der Waals surface area (Å²) in [5, 5.41) is 3.00. The van der Waals surface area contributed by atoms with Gasteiger partial charge in [0.1, 0.15) is 10.0 Å². The maximum Gasteiger partial charge on any atom is 0.268 e. The number of halogens is 2. The van der Waals surface area contributed by atoms with Gasteiger partial charge in [0.15, 0.2) is 0 Å². The summed E-state index contributed by atoms with van der Waals surface area (Å²) in [5.41, 5.74) is 0.997. The van der Waals surface area contributed by atoms with E-state index in [1.54, 1.807) is 18.0 Å². The predicted molar refractivity (Wildman–Crippen MR) is 86.4 cm³/mol. The Kier molecular flexibility index (Phi) is 4.81. The normalized spacial score (nSPS) is 11.1. The van der Waals surface area contributed by atoms with Crippen LogP contribution in [-0.2, 0) is 4.79 Å². The van der Waals surface area contributed by atoms with Gasteiger partial charge in [0.2, 0.25) is 5.91 Å². The van der Waals surface area contributed by atoms with Crippen molar-refractivity contribution in [3.05, 3.63) is 21.1 Å². The second-order valence-corrected chi connectivity index (χ2v) is 6.93. The van der Waals surface area contributed by atoms with Crippen LogP contribution in [0.15, 0.2) is 6.07 Å². The summed E-state index contributed by atoms with van der Waals surface area (Å²) >= 11 is 13.2. The van der Waals surface area contributed by atoms with Gasteiger partial charge in [0, 0.05) is 13.1 Å². The van der Waals surface area contributed by atoms with Gasteiger partial charge in [-0.2, -0.15) is 0 Å². The molecule has 0 aliphatic rings. The minimum Gasteiger partial charge on any atom is -0.349 e. The summed E-state index contributed by atoms with van der Waals surface area (Å²) < 4.78 is 1.29. The van der Waals surface area contributed by atoms with E-state index < -0.39 is 0 Å². The van der Waals surface area contributed by atoms with Gasteiger partial charge in [-0.1, -0.05) is 23.2 Å². The third-order valence-electron chi connectivity index (χ3n) is 3.19. The minimum absolute atomic E-state index is 0.0470. The predicted octanol–water partition coefficient (Wildman–Crippen LogP) is 3.13. The van der Waals surface area contributed by atoms with Crippen LogP contribution in [0.3, 0.4) is 0 Å². The van der Waals surface area contributed by atoms with Crippen molar-refractivity contribution in [3.63, 3.8) is 0 Å². The van der Waals surface area contributed by atoms with Crippen molar-refractivity contribution < 1.29 is 9.59 Å². The maximum atomic E-state index is 12.0. The number of nitrogens with one attached hydrogen (secondary N) is 2. The fraction of sp³-hybridized carbons (Fsp3) is 0.385. The molecule has 0 radical (unpaired) electrons. The molecular formula is C13H15Cl2N3O2S. The highest BCUT2D eigenvalue weighted by atomic mass is 35.5. The molecule has 0 saturated carbocycles. The van der Waals surface area contributed by atoms with Crippen LogP contribution in [0.1, 0.15) is 24.3 Å². The summed E-state index contributed by atoms with van der Waals surface area (Å²) in [4.78, 5) is 28.3. The molecule has 2 N–H and O–H groups in total. The van der Waals surface area contributed by atoms with Crippen LogP contribution in [0, 0.1) is 0 Å². The average molecular weight is 348 g/mol. The Labute approximate surface area is 136 Å². The van der Waals surface area contributed by atoms with Crippen LogP contribution in [0.5, 0.6) is 0 Å². The van der Waals surface area contributed by atoms with Gasteiger partial charge in [-0.15, -0.1) is 11.3 Å². The molecule has 2 amide bonds. The van der Waals surface area contributed by atoms with E-state index >= 15 is 0 Å². The number of rotatable bonds is 4. The molecule has 0 aliphatic heterocycles. The van der Waals surface area contributed by atoms with Crippen molar-refractivity contribution >= 4 is 56.6 Å². The lowest BCUT2D eigenvalue weighted by Gasteiger charge is -2.21. The molecule has 2 aromatic rings. The van der Waals surface area contributed by atoms with Gasteiger partial charge in [-0.25, -0.2) is 0 Å². The Hall–Kier alpha value is -1.24. The molecule has 0 unspecified atom stereocenters. The highest BCUT2D eigenvalue weighted by molar-refractivity contribution is 7.23. The molecule has 0 bridgehead atoms. The lowest BCUT2D eigenvalue weighted by molar-refractivity contribution is -0.130. The van der Waals surface area contributed by atoms with E-state index in [0.29, 0.717) is 20.6 Å². The maximum absolute atomic E-state index is 12.0. The van der Waals surface area contributed by atoms with Crippen molar-refractivity contribution in [2.24, 2.45) is 0 Å². The minimum atomic E-state index is -0.351. The molecule has 0 saturated heterocycles. The van der Waals surface area contributed by atoms with Crippen molar-refractivity contribution in [1.29, 1.82) is 0 Å². The fourth-order valence-corrected chi connectivity index (χ4v) is 3.19. The largest absolute Gasteiger partial charge is 0.349 e. The van der Waals surface area contributed by atoms with E-state index in [1.807, 2.05) is 13.8 Å². The zero-order valence-corrected chi connectivity index (χ0v) is 14.1. The second-order valence-electron chi connectivity index (χ2n) is 4.89. The first-order valence-electron chi connectivity index (χ1n) is 6.31. The number of carbonyl (C=O) groups is 2. The first-order valence-corrected chi connectivity index (χ1v) is 7.89. The summed E-state index contributed by atoms with van der Waals surface area (Å²) in [6.07, 6.45) is 0. The van der Waals surface area contributed by atoms with Crippen molar-refractivity contribution in [2.75, 3.05) is 13.6 Å². The summed E-state index contributed by atoms with van der Waals surface area (Å²) in [5.74, 6) is -0.496. The van der Waals surface area contributed by atoms with Gasteiger partial charge in [-0.3, -0.25) is 9.59 Å². The molecule has 114 valence electrons. The number of amides is 2. The van der Waals surface area contributed by atoms with Gasteiger partial charge in [0.25, 0.3) is 5.91 Å². The zero-order valence-electron chi connectivity index (χ0n) is 11.8. The third-order valence-corrected chi connectivity index (χ3v) is 5.12. The van der Waals surface area contributed by atoms with E-state index in [0.717, 1.165) is 4.70 Å². The number of nitrogens with zero attached hydrogens (tertiary/aromatic N) is 1. The van der Waals surface area contributed by atoms with E-state index in [1.165, 1.54) is 11.3 Å². The molecule has 0 aliphatic carbocycles. The van der Waals surface area contributed by atoms with Crippen LogP contribution in [0.4, 0.5) is 0 Å². The smallest absolute Gasteiger partial charge is 0.268 e. The average Bonchev–Trinajstić information content (AvgIpc) is 2.95. The van der Waals surface area contributed by atoms with Crippen LogP contribution < -0.4 is 5.32 Å². The highest BCUT2D eigenvalue weighted by Gasteiger charge is 2.17. The number of H-pyrrole nitrogens is 1. The molecule has 0 aromatic carbocycles. The van der Waals surface area contributed by atoms with Crippen molar-refractivity contribution in [3.8, 4) is 0 Å². The number of fused-ring (bicyclic) bond motifs is 1. The number of hydrogen-bond donors (Lipinski definition) is 2. The Bertz CT molecular complexity index is 693. The Morgan fingerprint density at radius 3 is 2.67 bits per heavy atom. The Balaban J connectivity index is 2.04. The molecule has 0 atom stereocenters. The van der Waals surface area contributed by atoms with Gasteiger partial charge in [0.05, 0.1) is 21.8 Å². The number of aromatic amines is 1. The highest BCUT2D eigenvalue weighted by Crippen LogP contribution is 2.38. The van der Waals surface area contributed by atoms with Crippen LogP contribution in [0.2, 0.25) is 9.36 Å². The second kappa shape index (κ2) is 6.25. The molecular weight excluding hydrogens is 333 g/mol. The number of thiophene rings is 1. The molecule has 21 heavy (non-hydrogen) atoms. The van der Waals surface area contributed by atoms with Gasteiger partial charge >= 0.3 is 0 Å². The van der Waals surface area contributed by atoms with Crippen molar-refractivity contribution in [1.82, 2.24) is 15.2 Å².